The molecule has 2 aromatic carbocycles. The average Bonchev–Trinajstić information content (AvgIpc) is 3.71. The van der Waals surface area contributed by atoms with Crippen LogP contribution >= 0.6 is 22.7 Å². The van der Waals surface area contributed by atoms with E-state index < -0.39 is 27.6 Å². The van der Waals surface area contributed by atoms with Gasteiger partial charge in [-0.15, -0.1) is 0 Å². The second kappa shape index (κ2) is 17.8. The molecule has 7 N–H and O–H groups in total. The van der Waals surface area contributed by atoms with E-state index in [0.29, 0.717) is 47.1 Å². The molecule has 0 atom stereocenters. The van der Waals surface area contributed by atoms with Crippen molar-refractivity contribution in [2.75, 3.05) is 76.6 Å². The number of hydrogen-bond donors (Lipinski definition) is 5. The molecule has 0 aliphatic carbocycles. The zero-order valence-corrected chi connectivity index (χ0v) is 32.6. The maximum atomic E-state index is 13.9. The molecule has 20 heteroatoms. The number of ketones is 2. The summed E-state index contributed by atoms with van der Waals surface area (Å²) >= 11 is 2.29. The highest BCUT2D eigenvalue weighted by Crippen LogP contribution is 2.32. The molecule has 0 saturated carbocycles. The van der Waals surface area contributed by atoms with Gasteiger partial charge in [0.2, 0.25) is 11.6 Å². The monoisotopic (exact) mass is 807 g/mol. The van der Waals surface area contributed by atoms with Crippen LogP contribution in [0.5, 0.6) is 11.5 Å². The van der Waals surface area contributed by atoms with E-state index in [1.807, 2.05) is 0 Å². The van der Waals surface area contributed by atoms with E-state index in [1.165, 1.54) is 72.5 Å². The van der Waals surface area contributed by atoms with Gasteiger partial charge in [-0.25, -0.2) is 18.7 Å². The van der Waals surface area contributed by atoms with Crippen LogP contribution in [0.25, 0.3) is 0 Å². The van der Waals surface area contributed by atoms with Crippen LogP contribution in [0.2, 0.25) is 0 Å². The third kappa shape index (κ3) is 9.60. The van der Waals surface area contributed by atoms with Crippen LogP contribution < -0.4 is 36.9 Å². The predicted molar refractivity (Wildman–Crippen MR) is 206 cm³/mol. The first-order valence-electron chi connectivity index (χ1n) is 16.9. The molecule has 0 unspecified atom stereocenters. The molecule has 0 bridgehead atoms. The van der Waals surface area contributed by atoms with Crippen molar-refractivity contribution in [3.63, 3.8) is 0 Å². The van der Waals surface area contributed by atoms with E-state index in [-0.39, 0.29) is 51.0 Å². The molecule has 4 heterocycles. The van der Waals surface area contributed by atoms with Crippen LogP contribution in [-0.2, 0) is 10.2 Å². The number of nitrogens with two attached hydrogens (primary N) is 2. The number of nitrogens with one attached hydrogen (secondary N) is 3. The lowest BCUT2D eigenvalue weighted by Gasteiger charge is -2.32. The van der Waals surface area contributed by atoms with E-state index in [0.717, 1.165) is 49.4 Å². The number of benzene rings is 2. The molecule has 2 aliphatic heterocycles. The normalized spacial score (nSPS) is 15.7. The van der Waals surface area contributed by atoms with Gasteiger partial charge in [0.25, 0.3) is 10.2 Å². The minimum Gasteiger partial charge on any atom is -0.494 e. The fourth-order valence-electron chi connectivity index (χ4n) is 5.77. The summed E-state index contributed by atoms with van der Waals surface area (Å²) in [7, 11) is 2.30. The number of halogens is 2. The standard InChI is InChI=1S/C18H24FN5O4S2.C16H19FN4O2S/c1-23(2)30(26,27)24-8-6-12(7-9-24)21-18-22-17(20)16(29-18)15(25)11-4-5-14(28-3)13(19)10-11;1-23-12-3-2-9(8-11(12)17)13(22)14-15(18)21-16(24-14)20-10-4-6-19-7-5-10/h4-5,10,12H,6-9,20H2,1-3H3,(H,21,22);2-3,8,10,19H,4-7,18H2,1H3,(H,20,21). The van der Waals surface area contributed by atoms with Crippen molar-refractivity contribution < 1.29 is 36.3 Å². The Labute approximate surface area is 320 Å². The summed E-state index contributed by atoms with van der Waals surface area (Å²) in [4.78, 5) is 34.3. The first kappa shape index (κ1) is 40.7. The molecule has 0 spiro atoms. The highest BCUT2D eigenvalue weighted by Gasteiger charge is 2.30. The van der Waals surface area contributed by atoms with Gasteiger partial charge in [0.05, 0.1) is 14.2 Å². The summed E-state index contributed by atoms with van der Waals surface area (Å²) in [6.45, 7) is 2.68. The molecular formula is C34H43F2N9O6S3. The Kier molecular flexibility index (Phi) is 13.4. The number of rotatable bonds is 12. The van der Waals surface area contributed by atoms with Crippen LogP contribution in [0.1, 0.15) is 56.2 Å². The molecule has 2 saturated heterocycles. The van der Waals surface area contributed by atoms with Crippen LogP contribution in [0, 0.1) is 11.6 Å². The predicted octanol–water partition coefficient (Wildman–Crippen LogP) is 4.05. The van der Waals surface area contributed by atoms with Crippen molar-refractivity contribution >= 4 is 66.3 Å². The van der Waals surface area contributed by atoms with E-state index in [4.69, 9.17) is 20.9 Å². The van der Waals surface area contributed by atoms with Gasteiger partial charge in [-0.05, 0) is 75.2 Å². The van der Waals surface area contributed by atoms with Gasteiger partial charge in [-0.3, -0.25) is 9.59 Å². The highest BCUT2D eigenvalue weighted by molar-refractivity contribution is 7.86. The fourth-order valence-corrected chi connectivity index (χ4v) is 8.75. The van der Waals surface area contributed by atoms with Crippen molar-refractivity contribution in [1.82, 2.24) is 23.9 Å². The molecule has 0 amide bonds. The molecule has 2 aliphatic rings. The molecule has 2 aromatic heterocycles. The van der Waals surface area contributed by atoms with Crippen molar-refractivity contribution in [3.05, 3.63) is 68.9 Å². The SMILES string of the molecule is COc1ccc(C(=O)c2sc(NC3CCN(S(=O)(=O)N(C)C)CC3)nc2N)cc1F.COc1ccc(C(=O)c2sc(NC3CCNCC3)nc2N)cc1F. The average molecular weight is 808 g/mol. The molecule has 54 heavy (non-hydrogen) atoms. The van der Waals surface area contributed by atoms with Crippen molar-refractivity contribution in [2.45, 2.75) is 37.8 Å². The van der Waals surface area contributed by atoms with Gasteiger partial charge in [-0.2, -0.15) is 17.0 Å². The first-order valence-corrected chi connectivity index (χ1v) is 19.9. The van der Waals surface area contributed by atoms with Gasteiger partial charge in [-0.1, -0.05) is 22.7 Å². The molecule has 2 fully saturated rings. The van der Waals surface area contributed by atoms with Crippen molar-refractivity contribution in [3.8, 4) is 11.5 Å². The third-order valence-corrected chi connectivity index (χ3v) is 12.7. The number of anilines is 4. The molecule has 292 valence electrons. The molecule has 15 nitrogen and oxygen atoms in total. The van der Waals surface area contributed by atoms with Crippen LogP contribution in [0.15, 0.2) is 36.4 Å². The Morgan fingerprint density at radius 1 is 0.815 bits per heavy atom. The number of piperidine rings is 2. The summed E-state index contributed by atoms with van der Waals surface area (Å²) in [5.74, 6) is -1.61. The quantitative estimate of drug-likeness (QED) is 0.128. The van der Waals surface area contributed by atoms with Gasteiger partial charge >= 0.3 is 0 Å². The number of nitrogen functional groups attached to an aromatic ring is 2. The van der Waals surface area contributed by atoms with Crippen LogP contribution in [-0.4, -0.2) is 105 Å². The van der Waals surface area contributed by atoms with E-state index >= 15 is 0 Å². The lowest BCUT2D eigenvalue weighted by Crippen LogP contribution is -2.46. The second-order valence-corrected chi connectivity index (χ2v) is 16.7. The van der Waals surface area contributed by atoms with E-state index in [1.54, 1.807) is 0 Å². The molecule has 0 radical (unpaired) electrons. The molecule has 4 aromatic rings. The number of hydrogen-bond acceptors (Lipinski definition) is 15. The Morgan fingerprint density at radius 3 is 1.63 bits per heavy atom. The van der Waals surface area contributed by atoms with Crippen molar-refractivity contribution in [2.24, 2.45) is 0 Å². The Hall–Kier alpha value is -4.47. The van der Waals surface area contributed by atoms with E-state index in [9.17, 15) is 26.8 Å². The van der Waals surface area contributed by atoms with Crippen LogP contribution in [0.3, 0.4) is 0 Å². The number of carbonyl (C=O) groups is 2. The number of methoxy groups -OCH3 is 2. The number of thiazole rings is 2. The number of nitrogens with zero attached hydrogens (tertiary/aromatic N) is 4. The van der Waals surface area contributed by atoms with Gasteiger partial charge in [0.15, 0.2) is 33.4 Å². The lowest BCUT2D eigenvalue weighted by molar-refractivity contribution is 0.103. The first-order chi connectivity index (χ1) is 25.7. The van der Waals surface area contributed by atoms with Gasteiger partial charge < -0.3 is 36.9 Å². The Bertz CT molecular complexity index is 2060. The largest absolute Gasteiger partial charge is 0.494 e. The Balaban J connectivity index is 0.000000213. The third-order valence-electron chi connectivity index (χ3n) is 8.78. The van der Waals surface area contributed by atoms with E-state index in [2.05, 4.69) is 25.9 Å². The summed E-state index contributed by atoms with van der Waals surface area (Å²) < 4.78 is 64.5. The number of carbonyl (C=O) groups excluding carboxylic acids is 2. The summed E-state index contributed by atoms with van der Waals surface area (Å²) in [5, 5.41) is 10.9. The van der Waals surface area contributed by atoms with Gasteiger partial charge in [0, 0.05) is 50.4 Å². The molecule has 6 rings (SSSR count). The maximum absolute atomic E-state index is 13.9. The topological polar surface area (TPSA) is 207 Å². The minimum absolute atomic E-state index is 0.00513. The second-order valence-electron chi connectivity index (χ2n) is 12.6. The fraction of sp³-hybridized carbons (Fsp3) is 0.412. The zero-order chi connectivity index (χ0) is 39.2. The number of ether oxygens (including phenoxy) is 2. The highest BCUT2D eigenvalue weighted by atomic mass is 32.2. The summed E-state index contributed by atoms with van der Waals surface area (Å²) in [6, 6.07) is 8.38. The lowest BCUT2D eigenvalue weighted by atomic mass is 10.1. The number of aromatic nitrogens is 2. The summed E-state index contributed by atoms with van der Waals surface area (Å²) in [5.41, 5.74) is 12.2. The summed E-state index contributed by atoms with van der Waals surface area (Å²) in [6.07, 6.45) is 3.18. The Morgan fingerprint density at radius 2 is 1.24 bits per heavy atom. The zero-order valence-electron chi connectivity index (χ0n) is 30.1. The molecular weight excluding hydrogens is 765 g/mol. The maximum Gasteiger partial charge on any atom is 0.281 e. The van der Waals surface area contributed by atoms with Gasteiger partial charge in [0.1, 0.15) is 21.4 Å². The van der Waals surface area contributed by atoms with Crippen molar-refractivity contribution in [1.29, 1.82) is 0 Å². The minimum atomic E-state index is -3.43. The smallest absolute Gasteiger partial charge is 0.281 e. The van der Waals surface area contributed by atoms with Crippen LogP contribution in [0.4, 0.5) is 30.7 Å².